The van der Waals surface area contributed by atoms with Crippen molar-refractivity contribution in [1.29, 1.82) is 0 Å². The van der Waals surface area contributed by atoms with E-state index >= 15 is 0 Å². The highest BCUT2D eigenvalue weighted by Crippen LogP contribution is 2.36. The monoisotopic (exact) mass is 304 g/mol. The molecule has 2 heteroatoms. The van der Waals surface area contributed by atoms with E-state index < -0.39 is 0 Å². The summed E-state index contributed by atoms with van der Waals surface area (Å²) < 4.78 is 1.09. The molecule has 1 unspecified atom stereocenters. The number of hydrogen-bond acceptors (Lipinski definition) is 1. The Labute approximate surface area is 116 Å². The van der Waals surface area contributed by atoms with Gasteiger partial charge in [0.05, 0.1) is 6.10 Å². The molecule has 1 saturated carbocycles. The summed E-state index contributed by atoms with van der Waals surface area (Å²) in [6.45, 7) is 0. The zero-order valence-electron chi connectivity index (χ0n) is 10.3. The van der Waals surface area contributed by atoms with Crippen LogP contribution in [0.4, 0.5) is 0 Å². The highest BCUT2D eigenvalue weighted by atomic mass is 79.9. The Hall–Kier alpha value is -0.860. The molecule has 0 saturated heterocycles. The first-order chi connectivity index (χ1) is 8.72. The molecule has 2 aromatic rings. The summed E-state index contributed by atoms with van der Waals surface area (Å²) in [6, 6.07) is 12.5. The second-order valence-electron chi connectivity index (χ2n) is 5.29. The largest absolute Gasteiger partial charge is 0.388 e. The van der Waals surface area contributed by atoms with Gasteiger partial charge in [0.25, 0.3) is 0 Å². The fraction of sp³-hybridized carbons (Fsp3) is 0.375. The SMILES string of the molecule is OC(CCC1CC1)c1ccc2cc(Br)ccc2c1. The average molecular weight is 305 g/mol. The zero-order chi connectivity index (χ0) is 12.5. The Morgan fingerprint density at radius 1 is 1.11 bits per heavy atom. The number of rotatable bonds is 4. The molecular formula is C16H17BrO. The Kier molecular flexibility index (Phi) is 3.40. The maximum atomic E-state index is 10.2. The van der Waals surface area contributed by atoms with Crippen LogP contribution in [0.25, 0.3) is 10.8 Å². The molecule has 0 radical (unpaired) electrons. The summed E-state index contributed by atoms with van der Waals surface area (Å²) in [5.74, 6) is 0.885. The Bertz CT molecular complexity index is 560. The van der Waals surface area contributed by atoms with E-state index in [1.807, 2.05) is 12.1 Å². The first-order valence-corrected chi connectivity index (χ1v) is 7.39. The lowest BCUT2D eigenvalue weighted by Gasteiger charge is -2.11. The zero-order valence-corrected chi connectivity index (χ0v) is 11.9. The molecule has 94 valence electrons. The lowest BCUT2D eigenvalue weighted by atomic mass is 10.00. The molecule has 3 rings (SSSR count). The fourth-order valence-electron chi connectivity index (χ4n) is 2.41. The molecule has 2 aromatic carbocycles. The maximum Gasteiger partial charge on any atom is 0.0790 e. The third-order valence-electron chi connectivity index (χ3n) is 3.76. The molecule has 0 spiro atoms. The van der Waals surface area contributed by atoms with Crippen LogP contribution in [0.5, 0.6) is 0 Å². The van der Waals surface area contributed by atoms with E-state index in [1.165, 1.54) is 30.0 Å². The summed E-state index contributed by atoms with van der Waals surface area (Å²) >= 11 is 3.48. The van der Waals surface area contributed by atoms with Crippen LogP contribution in [0, 0.1) is 5.92 Å². The first kappa shape index (κ1) is 12.2. The quantitative estimate of drug-likeness (QED) is 0.858. The maximum absolute atomic E-state index is 10.2. The number of aliphatic hydroxyl groups excluding tert-OH is 1. The second kappa shape index (κ2) is 5.02. The van der Waals surface area contributed by atoms with E-state index in [-0.39, 0.29) is 6.10 Å². The van der Waals surface area contributed by atoms with E-state index in [2.05, 4.69) is 40.2 Å². The van der Waals surface area contributed by atoms with E-state index in [9.17, 15) is 5.11 Å². The third kappa shape index (κ3) is 2.76. The van der Waals surface area contributed by atoms with Gasteiger partial charge in [-0.1, -0.05) is 47.0 Å². The van der Waals surface area contributed by atoms with Crippen molar-refractivity contribution >= 4 is 26.7 Å². The van der Waals surface area contributed by atoms with Crippen molar-refractivity contribution in [2.24, 2.45) is 5.92 Å². The van der Waals surface area contributed by atoms with Crippen molar-refractivity contribution in [1.82, 2.24) is 0 Å². The van der Waals surface area contributed by atoms with Gasteiger partial charge in [-0.15, -0.1) is 0 Å². The van der Waals surface area contributed by atoms with Crippen LogP contribution < -0.4 is 0 Å². The van der Waals surface area contributed by atoms with Crippen molar-refractivity contribution in [2.75, 3.05) is 0 Å². The number of halogens is 1. The summed E-state index contributed by atoms with van der Waals surface area (Å²) in [6.07, 6.45) is 4.47. The molecule has 1 N–H and O–H groups in total. The van der Waals surface area contributed by atoms with Crippen LogP contribution in [0.3, 0.4) is 0 Å². The normalized spacial score (nSPS) is 17.0. The van der Waals surface area contributed by atoms with E-state index in [1.54, 1.807) is 0 Å². The van der Waals surface area contributed by atoms with Crippen molar-refractivity contribution in [3.8, 4) is 0 Å². The molecule has 0 bridgehead atoms. The van der Waals surface area contributed by atoms with Gasteiger partial charge in [-0.25, -0.2) is 0 Å². The molecule has 1 aliphatic carbocycles. The summed E-state index contributed by atoms with van der Waals surface area (Å²) in [7, 11) is 0. The lowest BCUT2D eigenvalue weighted by Crippen LogP contribution is -1.97. The van der Waals surface area contributed by atoms with Crippen LogP contribution in [0.1, 0.15) is 37.4 Å². The highest BCUT2D eigenvalue weighted by molar-refractivity contribution is 9.10. The number of benzene rings is 2. The van der Waals surface area contributed by atoms with E-state index in [0.29, 0.717) is 0 Å². The predicted molar refractivity (Wildman–Crippen MR) is 78.6 cm³/mol. The molecular weight excluding hydrogens is 288 g/mol. The van der Waals surface area contributed by atoms with Crippen molar-refractivity contribution in [3.05, 3.63) is 46.4 Å². The molecule has 0 heterocycles. The number of aliphatic hydroxyl groups is 1. The molecule has 0 amide bonds. The minimum Gasteiger partial charge on any atom is -0.388 e. The van der Waals surface area contributed by atoms with E-state index in [4.69, 9.17) is 0 Å². The standard InChI is InChI=1S/C16H17BrO/c17-15-7-6-12-9-14(5-4-13(12)10-15)16(18)8-3-11-1-2-11/h4-7,9-11,16,18H,1-3,8H2. The molecule has 1 atom stereocenters. The molecule has 0 aliphatic heterocycles. The summed E-state index contributed by atoms with van der Waals surface area (Å²) in [4.78, 5) is 0. The fourth-order valence-corrected chi connectivity index (χ4v) is 2.79. The van der Waals surface area contributed by atoms with Crippen LogP contribution in [0.15, 0.2) is 40.9 Å². The average Bonchev–Trinajstić information content (AvgIpc) is 3.19. The van der Waals surface area contributed by atoms with Gasteiger partial charge in [0.15, 0.2) is 0 Å². The Morgan fingerprint density at radius 3 is 2.61 bits per heavy atom. The topological polar surface area (TPSA) is 20.2 Å². The van der Waals surface area contributed by atoms with Crippen LogP contribution in [-0.2, 0) is 0 Å². The Balaban J connectivity index is 1.80. The van der Waals surface area contributed by atoms with Crippen molar-refractivity contribution in [3.63, 3.8) is 0 Å². The second-order valence-corrected chi connectivity index (χ2v) is 6.20. The molecule has 1 aliphatic rings. The summed E-state index contributed by atoms with van der Waals surface area (Å²) in [5, 5.41) is 12.6. The molecule has 1 fully saturated rings. The van der Waals surface area contributed by atoms with Gasteiger partial charge in [-0.2, -0.15) is 0 Å². The molecule has 1 nitrogen and oxygen atoms in total. The van der Waals surface area contributed by atoms with Gasteiger partial charge in [0.1, 0.15) is 0 Å². The minimum absolute atomic E-state index is 0.307. The lowest BCUT2D eigenvalue weighted by molar-refractivity contribution is 0.162. The number of fused-ring (bicyclic) bond motifs is 1. The number of hydrogen-bond donors (Lipinski definition) is 1. The van der Waals surface area contributed by atoms with Gasteiger partial charge in [0.2, 0.25) is 0 Å². The minimum atomic E-state index is -0.307. The predicted octanol–water partition coefficient (Wildman–Crippen LogP) is 4.83. The third-order valence-corrected chi connectivity index (χ3v) is 4.25. The van der Waals surface area contributed by atoms with Gasteiger partial charge < -0.3 is 5.11 Å². The van der Waals surface area contributed by atoms with Crippen molar-refractivity contribution in [2.45, 2.75) is 31.8 Å². The molecule has 18 heavy (non-hydrogen) atoms. The smallest absolute Gasteiger partial charge is 0.0790 e. The molecule has 0 aromatic heterocycles. The van der Waals surface area contributed by atoms with Crippen LogP contribution >= 0.6 is 15.9 Å². The highest BCUT2D eigenvalue weighted by Gasteiger charge is 2.22. The van der Waals surface area contributed by atoms with Crippen molar-refractivity contribution < 1.29 is 5.11 Å². The van der Waals surface area contributed by atoms with E-state index in [0.717, 1.165) is 22.4 Å². The van der Waals surface area contributed by atoms with Gasteiger partial charge in [-0.3, -0.25) is 0 Å². The van der Waals surface area contributed by atoms with Crippen LogP contribution in [-0.4, -0.2) is 5.11 Å². The van der Waals surface area contributed by atoms with Gasteiger partial charge in [0, 0.05) is 4.47 Å². The first-order valence-electron chi connectivity index (χ1n) is 6.59. The van der Waals surface area contributed by atoms with Crippen LogP contribution in [0.2, 0.25) is 0 Å². The Morgan fingerprint density at radius 2 is 1.83 bits per heavy atom. The van der Waals surface area contributed by atoms with Gasteiger partial charge in [-0.05, 0) is 53.3 Å². The summed E-state index contributed by atoms with van der Waals surface area (Å²) in [5.41, 5.74) is 1.05. The van der Waals surface area contributed by atoms with Gasteiger partial charge >= 0.3 is 0 Å².